The van der Waals surface area contributed by atoms with E-state index in [1.54, 1.807) is 24.3 Å². The zero-order valence-corrected chi connectivity index (χ0v) is 26.3. The Morgan fingerprint density at radius 1 is 0.795 bits per heavy atom. The second-order valence-electron chi connectivity index (χ2n) is 11.0. The number of hydrogen-bond donors (Lipinski definition) is 1. The maximum atomic E-state index is 14.2. The van der Waals surface area contributed by atoms with Gasteiger partial charge in [0, 0.05) is 19.0 Å². The third-order valence-corrected chi connectivity index (χ3v) is 8.23. The Hall–Kier alpha value is -4.63. The van der Waals surface area contributed by atoms with Gasteiger partial charge in [0.1, 0.15) is 24.1 Å². The first-order valence-corrected chi connectivity index (χ1v) is 16.3. The Bertz CT molecular complexity index is 1640. The molecule has 0 aliphatic carbocycles. The molecule has 0 saturated heterocycles. The van der Waals surface area contributed by atoms with Crippen LogP contribution < -0.4 is 14.4 Å². The quantitative estimate of drug-likeness (QED) is 0.208. The zero-order valence-electron chi connectivity index (χ0n) is 25.5. The number of carbonyl (C=O) groups is 2. The molecule has 0 aromatic heterocycles. The average Bonchev–Trinajstić information content (AvgIpc) is 2.99. The van der Waals surface area contributed by atoms with Crippen molar-refractivity contribution in [3.63, 3.8) is 0 Å². The minimum absolute atomic E-state index is 0.135. The highest BCUT2D eigenvalue weighted by Crippen LogP contribution is 2.26. The van der Waals surface area contributed by atoms with Crippen molar-refractivity contribution in [3.05, 3.63) is 126 Å². The van der Waals surface area contributed by atoms with Gasteiger partial charge in [0.25, 0.3) is 0 Å². The highest BCUT2D eigenvalue weighted by atomic mass is 32.2. The van der Waals surface area contributed by atoms with E-state index in [0.717, 1.165) is 27.3 Å². The van der Waals surface area contributed by atoms with Crippen LogP contribution in [0, 0.1) is 6.92 Å². The predicted octanol–water partition coefficient (Wildman–Crippen LogP) is 5.72. The van der Waals surface area contributed by atoms with Crippen molar-refractivity contribution in [2.45, 2.75) is 45.8 Å². The van der Waals surface area contributed by atoms with E-state index in [0.29, 0.717) is 17.2 Å². The number of ether oxygens (including phenoxy) is 1. The summed E-state index contributed by atoms with van der Waals surface area (Å²) < 4.78 is 33.0. The highest BCUT2D eigenvalue weighted by molar-refractivity contribution is 7.92. The molecule has 230 valence electrons. The van der Waals surface area contributed by atoms with Crippen LogP contribution in [-0.4, -0.2) is 50.0 Å². The van der Waals surface area contributed by atoms with E-state index in [1.807, 2.05) is 106 Å². The SMILES string of the molecule is Cc1ccccc1CN(C(=O)CN(c1ccc(Oc2ccccc2)cc1)S(C)(=O)=O)[C@H](Cc1ccccc1)C(=O)NC(C)C. The molecule has 4 aromatic carbocycles. The number of amides is 2. The summed E-state index contributed by atoms with van der Waals surface area (Å²) in [5.74, 6) is 0.364. The Morgan fingerprint density at radius 3 is 1.95 bits per heavy atom. The van der Waals surface area contributed by atoms with Crippen LogP contribution in [0.25, 0.3) is 0 Å². The van der Waals surface area contributed by atoms with Crippen LogP contribution in [0.3, 0.4) is 0 Å². The Balaban J connectivity index is 1.68. The van der Waals surface area contributed by atoms with Gasteiger partial charge in [-0.2, -0.15) is 0 Å². The average molecular weight is 614 g/mol. The van der Waals surface area contributed by atoms with Crippen molar-refractivity contribution in [1.82, 2.24) is 10.2 Å². The summed E-state index contributed by atoms with van der Waals surface area (Å²) in [6.45, 7) is 5.32. The molecule has 0 fully saturated rings. The molecular weight excluding hydrogens is 574 g/mol. The smallest absolute Gasteiger partial charge is 0.244 e. The Morgan fingerprint density at radius 2 is 1.36 bits per heavy atom. The van der Waals surface area contributed by atoms with Gasteiger partial charge in [-0.3, -0.25) is 13.9 Å². The maximum Gasteiger partial charge on any atom is 0.244 e. The highest BCUT2D eigenvalue weighted by Gasteiger charge is 2.33. The van der Waals surface area contributed by atoms with Crippen molar-refractivity contribution in [2.75, 3.05) is 17.1 Å². The number of para-hydroxylation sites is 1. The van der Waals surface area contributed by atoms with E-state index in [2.05, 4.69) is 5.32 Å². The van der Waals surface area contributed by atoms with Gasteiger partial charge < -0.3 is 15.0 Å². The number of anilines is 1. The van der Waals surface area contributed by atoms with Crippen molar-refractivity contribution in [3.8, 4) is 11.5 Å². The number of benzene rings is 4. The molecule has 8 nitrogen and oxygen atoms in total. The van der Waals surface area contributed by atoms with Gasteiger partial charge in [0.05, 0.1) is 11.9 Å². The van der Waals surface area contributed by atoms with Crippen molar-refractivity contribution < 1.29 is 22.7 Å². The number of nitrogens with zero attached hydrogens (tertiary/aromatic N) is 2. The summed E-state index contributed by atoms with van der Waals surface area (Å²) in [6, 6.07) is 31.9. The number of hydrogen-bond acceptors (Lipinski definition) is 5. The first kappa shape index (κ1) is 32.3. The fraction of sp³-hybridized carbons (Fsp3) is 0.257. The molecule has 4 rings (SSSR count). The summed E-state index contributed by atoms with van der Waals surface area (Å²) in [5, 5.41) is 2.96. The van der Waals surface area contributed by atoms with E-state index in [-0.39, 0.29) is 24.9 Å². The first-order valence-electron chi connectivity index (χ1n) is 14.5. The van der Waals surface area contributed by atoms with Crippen LogP contribution in [0.4, 0.5) is 5.69 Å². The summed E-state index contributed by atoms with van der Waals surface area (Å²) in [5.41, 5.74) is 3.02. The van der Waals surface area contributed by atoms with E-state index in [4.69, 9.17) is 4.74 Å². The summed E-state index contributed by atoms with van der Waals surface area (Å²) >= 11 is 0. The van der Waals surface area contributed by atoms with Crippen LogP contribution >= 0.6 is 0 Å². The molecule has 44 heavy (non-hydrogen) atoms. The van der Waals surface area contributed by atoms with E-state index >= 15 is 0 Å². The molecule has 0 unspecified atom stereocenters. The number of nitrogens with one attached hydrogen (secondary N) is 1. The fourth-order valence-corrected chi connectivity index (χ4v) is 5.67. The topological polar surface area (TPSA) is 96.0 Å². The molecule has 0 radical (unpaired) electrons. The molecular formula is C35H39N3O5S. The molecule has 1 atom stereocenters. The van der Waals surface area contributed by atoms with Gasteiger partial charge in [0.2, 0.25) is 21.8 Å². The molecule has 0 aliphatic heterocycles. The lowest BCUT2D eigenvalue weighted by atomic mass is 10.0. The summed E-state index contributed by atoms with van der Waals surface area (Å²) in [4.78, 5) is 29.4. The molecule has 0 saturated carbocycles. The van der Waals surface area contributed by atoms with Gasteiger partial charge in [-0.25, -0.2) is 8.42 Å². The number of aryl methyl sites for hydroxylation is 1. The number of carbonyl (C=O) groups excluding carboxylic acids is 2. The van der Waals surface area contributed by atoms with Gasteiger partial charge in [-0.05, 0) is 73.9 Å². The third-order valence-electron chi connectivity index (χ3n) is 7.09. The standard InChI is InChI=1S/C35H39N3O5S/c1-26(2)36-35(40)33(23-28-14-7-5-8-15-28)37(24-29-16-12-11-13-27(29)3)34(39)25-38(44(4,41)42)30-19-21-32(22-20-30)43-31-17-9-6-10-18-31/h5-22,26,33H,23-25H2,1-4H3,(H,36,40)/t33-/m1/s1. The fourth-order valence-electron chi connectivity index (χ4n) is 4.82. The molecule has 0 aliphatic rings. The largest absolute Gasteiger partial charge is 0.457 e. The minimum atomic E-state index is -3.88. The van der Waals surface area contributed by atoms with Gasteiger partial charge in [-0.15, -0.1) is 0 Å². The molecule has 0 heterocycles. The lowest BCUT2D eigenvalue weighted by Gasteiger charge is -2.34. The maximum absolute atomic E-state index is 14.2. The lowest BCUT2D eigenvalue weighted by molar-refractivity contribution is -0.140. The predicted molar refractivity (Wildman–Crippen MR) is 174 cm³/mol. The number of rotatable bonds is 13. The normalized spacial score (nSPS) is 11.9. The molecule has 9 heteroatoms. The van der Waals surface area contributed by atoms with Crippen LogP contribution in [0.1, 0.15) is 30.5 Å². The second kappa shape index (κ2) is 14.7. The Labute approximate surface area is 260 Å². The third kappa shape index (κ3) is 8.94. The van der Waals surface area contributed by atoms with Crippen molar-refractivity contribution in [2.24, 2.45) is 0 Å². The van der Waals surface area contributed by atoms with Gasteiger partial charge in [-0.1, -0.05) is 72.8 Å². The second-order valence-corrected chi connectivity index (χ2v) is 12.9. The van der Waals surface area contributed by atoms with Crippen molar-refractivity contribution in [1.29, 1.82) is 0 Å². The molecule has 0 spiro atoms. The molecule has 0 bridgehead atoms. The van der Waals surface area contributed by atoms with Crippen LogP contribution in [-0.2, 0) is 32.6 Å². The van der Waals surface area contributed by atoms with Crippen LogP contribution in [0.2, 0.25) is 0 Å². The molecule has 1 N–H and O–H groups in total. The summed E-state index contributed by atoms with van der Waals surface area (Å²) in [7, 11) is -3.88. The first-order chi connectivity index (χ1) is 21.0. The van der Waals surface area contributed by atoms with Crippen molar-refractivity contribution >= 4 is 27.5 Å². The van der Waals surface area contributed by atoms with E-state index < -0.39 is 28.5 Å². The minimum Gasteiger partial charge on any atom is -0.457 e. The zero-order chi connectivity index (χ0) is 31.7. The van der Waals surface area contributed by atoms with Crippen LogP contribution in [0.15, 0.2) is 109 Å². The van der Waals surface area contributed by atoms with Gasteiger partial charge in [0.15, 0.2) is 0 Å². The van der Waals surface area contributed by atoms with Gasteiger partial charge >= 0.3 is 0 Å². The Kier molecular flexibility index (Phi) is 10.8. The molecule has 2 amide bonds. The van der Waals surface area contributed by atoms with Crippen LogP contribution in [0.5, 0.6) is 11.5 Å². The summed E-state index contributed by atoms with van der Waals surface area (Å²) in [6.07, 6.45) is 1.33. The number of sulfonamides is 1. The van der Waals surface area contributed by atoms with E-state index in [9.17, 15) is 18.0 Å². The monoisotopic (exact) mass is 613 g/mol. The molecule has 4 aromatic rings. The lowest BCUT2D eigenvalue weighted by Crippen LogP contribution is -2.54. The van der Waals surface area contributed by atoms with E-state index in [1.165, 1.54) is 4.90 Å².